The van der Waals surface area contributed by atoms with E-state index in [4.69, 9.17) is 9.47 Å². The van der Waals surface area contributed by atoms with E-state index in [9.17, 15) is 4.79 Å². The minimum Gasteiger partial charge on any atom is -0.497 e. The Kier molecular flexibility index (Phi) is 5.40. The third-order valence-electron chi connectivity index (χ3n) is 3.65. The first kappa shape index (κ1) is 17.1. The standard InChI is InChI=1S/C19H18N2O3S/c1-23-17-8-4-7-16(12-17)21-10-9-20-19(21)25-13-14-5-3-6-15(11-14)18(22)24-2/h3-12H,13H2,1-2H3. The highest BCUT2D eigenvalue weighted by Gasteiger charge is 2.09. The normalized spacial score (nSPS) is 10.5. The van der Waals surface area contributed by atoms with Gasteiger partial charge in [-0.25, -0.2) is 9.78 Å². The molecule has 1 heterocycles. The summed E-state index contributed by atoms with van der Waals surface area (Å²) in [6, 6.07) is 15.3. The molecule has 0 amide bonds. The van der Waals surface area contributed by atoms with Crippen molar-refractivity contribution in [1.29, 1.82) is 0 Å². The van der Waals surface area contributed by atoms with Gasteiger partial charge in [0.05, 0.1) is 25.5 Å². The Bertz CT molecular complexity index is 876. The fourth-order valence-electron chi connectivity index (χ4n) is 2.41. The molecule has 0 aliphatic rings. The number of methoxy groups -OCH3 is 2. The number of aromatic nitrogens is 2. The second kappa shape index (κ2) is 7.90. The topological polar surface area (TPSA) is 53.3 Å². The van der Waals surface area contributed by atoms with Gasteiger partial charge in [-0.15, -0.1) is 0 Å². The van der Waals surface area contributed by atoms with E-state index < -0.39 is 0 Å². The summed E-state index contributed by atoms with van der Waals surface area (Å²) >= 11 is 1.60. The van der Waals surface area contributed by atoms with Crippen LogP contribution in [0.3, 0.4) is 0 Å². The second-order valence-corrected chi connectivity index (χ2v) is 6.20. The summed E-state index contributed by atoms with van der Waals surface area (Å²) in [7, 11) is 3.03. The number of benzene rings is 2. The molecule has 0 aliphatic carbocycles. The molecular formula is C19H18N2O3S. The van der Waals surface area contributed by atoms with Gasteiger partial charge < -0.3 is 9.47 Å². The Morgan fingerprint density at radius 3 is 2.80 bits per heavy atom. The maximum absolute atomic E-state index is 11.6. The maximum atomic E-state index is 11.6. The SMILES string of the molecule is COC(=O)c1cccc(CSc2nccn2-c2cccc(OC)c2)c1. The van der Waals surface area contributed by atoms with E-state index >= 15 is 0 Å². The highest BCUT2D eigenvalue weighted by atomic mass is 32.2. The van der Waals surface area contributed by atoms with Crippen molar-refractivity contribution in [3.05, 3.63) is 72.1 Å². The van der Waals surface area contributed by atoms with E-state index in [-0.39, 0.29) is 5.97 Å². The molecule has 128 valence electrons. The summed E-state index contributed by atoms with van der Waals surface area (Å²) in [6.07, 6.45) is 3.69. The zero-order valence-corrected chi connectivity index (χ0v) is 14.8. The van der Waals surface area contributed by atoms with Crippen molar-refractivity contribution in [2.24, 2.45) is 0 Å². The van der Waals surface area contributed by atoms with Crippen molar-refractivity contribution < 1.29 is 14.3 Å². The maximum Gasteiger partial charge on any atom is 0.337 e. The van der Waals surface area contributed by atoms with Crippen LogP contribution in [0.5, 0.6) is 5.75 Å². The minimum atomic E-state index is -0.329. The lowest BCUT2D eigenvalue weighted by Gasteiger charge is -2.09. The largest absolute Gasteiger partial charge is 0.497 e. The first-order valence-electron chi connectivity index (χ1n) is 7.69. The molecule has 0 unspecified atom stereocenters. The zero-order chi connectivity index (χ0) is 17.6. The van der Waals surface area contributed by atoms with Gasteiger partial charge in [-0.2, -0.15) is 0 Å². The van der Waals surface area contributed by atoms with E-state index in [1.807, 2.05) is 53.2 Å². The number of ether oxygens (including phenoxy) is 2. The number of hydrogen-bond donors (Lipinski definition) is 0. The summed E-state index contributed by atoms with van der Waals surface area (Å²) < 4.78 is 12.1. The molecule has 0 fully saturated rings. The Balaban J connectivity index is 1.77. The number of imidazole rings is 1. The van der Waals surface area contributed by atoms with Crippen LogP contribution in [-0.2, 0) is 10.5 Å². The molecule has 3 rings (SSSR count). The van der Waals surface area contributed by atoms with Crippen molar-refractivity contribution >= 4 is 17.7 Å². The molecule has 2 aromatic carbocycles. The molecule has 5 nitrogen and oxygen atoms in total. The molecule has 0 N–H and O–H groups in total. The van der Waals surface area contributed by atoms with Crippen LogP contribution in [0.2, 0.25) is 0 Å². The number of nitrogens with zero attached hydrogens (tertiary/aromatic N) is 2. The van der Waals surface area contributed by atoms with E-state index in [1.165, 1.54) is 7.11 Å². The van der Waals surface area contributed by atoms with E-state index in [1.54, 1.807) is 31.1 Å². The zero-order valence-electron chi connectivity index (χ0n) is 14.0. The van der Waals surface area contributed by atoms with Crippen LogP contribution in [-0.4, -0.2) is 29.7 Å². The predicted octanol–water partition coefficient (Wildman–Crippen LogP) is 3.96. The van der Waals surface area contributed by atoms with Gasteiger partial charge in [0.1, 0.15) is 5.75 Å². The van der Waals surface area contributed by atoms with Gasteiger partial charge in [0.25, 0.3) is 0 Å². The van der Waals surface area contributed by atoms with Crippen molar-refractivity contribution in [3.8, 4) is 11.4 Å². The van der Waals surface area contributed by atoms with Crippen LogP contribution in [0.1, 0.15) is 15.9 Å². The third kappa shape index (κ3) is 4.03. The van der Waals surface area contributed by atoms with Crippen molar-refractivity contribution in [1.82, 2.24) is 9.55 Å². The van der Waals surface area contributed by atoms with Crippen LogP contribution in [0.15, 0.2) is 66.1 Å². The van der Waals surface area contributed by atoms with Gasteiger partial charge >= 0.3 is 5.97 Å². The second-order valence-electron chi connectivity index (χ2n) is 5.26. The quantitative estimate of drug-likeness (QED) is 0.495. The van der Waals surface area contributed by atoms with E-state index in [0.717, 1.165) is 22.2 Å². The number of esters is 1. The van der Waals surface area contributed by atoms with Crippen molar-refractivity contribution in [2.45, 2.75) is 10.9 Å². The van der Waals surface area contributed by atoms with Gasteiger partial charge in [0.15, 0.2) is 5.16 Å². The first-order valence-corrected chi connectivity index (χ1v) is 8.67. The Labute approximate surface area is 150 Å². The molecule has 0 spiro atoms. The monoisotopic (exact) mass is 354 g/mol. The first-order chi connectivity index (χ1) is 12.2. The molecule has 25 heavy (non-hydrogen) atoms. The lowest BCUT2D eigenvalue weighted by Crippen LogP contribution is -2.01. The lowest BCUT2D eigenvalue weighted by molar-refractivity contribution is 0.0600. The number of carbonyl (C=O) groups excluding carboxylic acids is 1. The highest BCUT2D eigenvalue weighted by Crippen LogP contribution is 2.26. The number of thioether (sulfide) groups is 1. The molecule has 0 atom stereocenters. The molecule has 0 saturated heterocycles. The Hall–Kier alpha value is -2.73. The average molecular weight is 354 g/mol. The van der Waals surface area contributed by atoms with Gasteiger partial charge in [-0.1, -0.05) is 30.0 Å². The molecule has 3 aromatic rings. The molecular weight excluding hydrogens is 336 g/mol. The molecule has 1 aromatic heterocycles. The third-order valence-corrected chi connectivity index (χ3v) is 4.69. The average Bonchev–Trinajstić information content (AvgIpc) is 3.14. The van der Waals surface area contributed by atoms with Gasteiger partial charge in [-0.3, -0.25) is 4.57 Å². The minimum absolute atomic E-state index is 0.329. The van der Waals surface area contributed by atoms with Crippen LogP contribution in [0.25, 0.3) is 5.69 Å². The summed E-state index contributed by atoms with van der Waals surface area (Å²) in [5.41, 5.74) is 2.58. The molecule has 6 heteroatoms. The molecule has 0 aliphatic heterocycles. The van der Waals surface area contributed by atoms with E-state index in [0.29, 0.717) is 11.3 Å². The summed E-state index contributed by atoms with van der Waals surface area (Å²) in [4.78, 5) is 16.1. The van der Waals surface area contributed by atoms with Crippen molar-refractivity contribution in [2.75, 3.05) is 14.2 Å². The van der Waals surface area contributed by atoms with E-state index in [2.05, 4.69) is 4.98 Å². The van der Waals surface area contributed by atoms with Crippen LogP contribution < -0.4 is 4.74 Å². The van der Waals surface area contributed by atoms with Crippen molar-refractivity contribution in [3.63, 3.8) is 0 Å². The molecule has 0 bridgehead atoms. The molecule has 0 saturated carbocycles. The summed E-state index contributed by atoms with van der Waals surface area (Å²) in [6.45, 7) is 0. The number of hydrogen-bond acceptors (Lipinski definition) is 5. The van der Waals surface area contributed by atoms with Crippen LogP contribution >= 0.6 is 11.8 Å². The number of rotatable bonds is 6. The fourth-order valence-corrected chi connectivity index (χ4v) is 3.32. The smallest absolute Gasteiger partial charge is 0.337 e. The Morgan fingerprint density at radius 2 is 2.00 bits per heavy atom. The molecule has 0 radical (unpaired) electrons. The fraction of sp³-hybridized carbons (Fsp3) is 0.158. The summed E-state index contributed by atoms with van der Waals surface area (Å²) in [5, 5.41) is 0.872. The summed E-state index contributed by atoms with van der Waals surface area (Å²) in [5.74, 6) is 1.17. The van der Waals surface area contributed by atoms with Gasteiger partial charge in [-0.05, 0) is 29.8 Å². The van der Waals surface area contributed by atoms with Gasteiger partial charge in [0, 0.05) is 24.2 Å². The number of carbonyl (C=O) groups is 1. The van der Waals surface area contributed by atoms with Crippen LogP contribution in [0, 0.1) is 0 Å². The predicted molar refractivity (Wildman–Crippen MR) is 97.5 cm³/mol. The Morgan fingerprint density at radius 1 is 1.16 bits per heavy atom. The van der Waals surface area contributed by atoms with Gasteiger partial charge in [0.2, 0.25) is 0 Å². The highest BCUT2D eigenvalue weighted by molar-refractivity contribution is 7.98. The lowest BCUT2D eigenvalue weighted by atomic mass is 10.1. The van der Waals surface area contributed by atoms with Crippen LogP contribution in [0.4, 0.5) is 0 Å².